The lowest BCUT2D eigenvalue weighted by Gasteiger charge is -2.05. The predicted octanol–water partition coefficient (Wildman–Crippen LogP) is 2.82. The number of pyridine rings is 1. The molecular weight excluding hydrogens is 292 g/mol. The zero-order chi connectivity index (χ0) is 12.8. The molecule has 0 radical (unpaired) electrons. The fourth-order valence-electron chi connectivity index (χ4n) is 1.58. The highest BCUT2D eigenvalue weighted by atomic mass is 79.9. The zero-order valence-electron chi connectivity index (χ0n) is 9.77. The van der Waals surface area contributed by atoms with E-state index in [1.165, 1.54) is 5.56 Å². The van der Waals surface area contributed by atoms with Gasteiger partial charge in [-0.05, 0) is 24.1 Å². The molecular formula is C14H13BrN2O. The Balaban J connectivity index is 1.86. The van der Waals surface area contributed by atoms with Crippen molar-refractivity contribution >= 4 is 21.8 Å². The first-order valence-corrected chi connectivity index (χ1v) is 6.49. The van der Waals surface area contributed by atoms with Crippen LogP contribution >= 0.6 is 15.9 Å². The van der Waals surface area contributed by atoms with E-state index in [0.29, 0.717) is 12.2 Å². The first-order chi connectivity index (χ1) is 8.75. The number of hydrogen-bond acceptors (Lipinski definition) is 2. The van der Waals surface area contributed by atoms with E-state index in [2.05, 4.69) is 26.2 Å². The third-order valence-corrected chi connectivity index (χ3v) is 2.99. The Labute approximate surface area is 114 Å². The van der Waals surface area contributed by atoms with Crippen LogP contribution in [-0.4, -0.2) is 17.4 Å². The second-order valence-corrected chi connectivity index (χ2v) is 4.77. The van der Waals surface area contributed by atoms with Gasteiger partial charge in [0.2, 0.25) is 0 Å². The summed E-state index contributed by atoms with van der Waals surface area (Å²) >= 11 is 3.32. The van der Waals surface area contributed by atoms with Gasteiger partial charge in [-0.3, -0.25) is 9.78 Å². The summed E-state index contributed by atoms with van der Waals surface area (Å²) in [5, 5.41) is 2.85. The summed E-state index contributed by atoms with van der Waals surface area (Å²) in [6.45, 7) is 0.608. The zero-order valence-corrected chi connectivity index (χ0v) is 11.4. The Hall–Kier alpha value is -1.68. The van der Waals surface area contributed by atoms with Gasteiger partial charge >= 0.3 is 0 Å². The number of nitrogens with one attached hydrogen (secondary N) is 1. The molecule has 0 aliphatic heterocycles. The van der Waals surface area contributed by atoms with Crippen LogP contribution in [0.5, 0.6) is 0 Å². The van der Waals surface area contributed by atoms with Gasteiger partial charge in [0.25, 0.3) is 5.91 Å². The second-order valence-electron chi connectivity index (χ2n) is 3.85. The van der Waals surface area contributed by atoms with Gasteiger partial charge in [-0.1, -0.05) is 46.3 Å². The number of carbonyl (C=O) groups is 1. The summed E-state index contributed by atoms with van der Waals surface area (Å²) in [4.78, 5) is 15.8. The molecule has 1 aromatic heterocycles. The molecule has 1 aromatic carbocycles. The van der Waals surface area contributed by atoms with Crippen molar-refractivity contribution < 1.29 is 4.79 Å². The van der Waals surface area contributed by atoms with Crippen molar-refractivity contribution in [2.24, 2.45) is 0 Å². The molecule has 92 valence electrons. The lowest BCUT2D eigenvalue weighted by Crippen LogP contribution is -2.26. The number of rotatable bonds is 4. The third-order valence-electron chi connectivity index (χ3n) is 2.50. The average Bonchev–Trinajstić information content (AvgIpc) is 2.40. The monoisotopic (exact) mass is 304 g/mol. The second kappa shape index (κ2) is 6.31. The summed E-state index contributed by atoms with van der Waals surface area (Å²) < 4.78 is 0.853. The fraction of sp³-hybridized carbons (Fsp3) is 0.143. The van der Waals surface area contributed by atoms with Crippen molar-refractivity contribution in [2.75, 3.05) is 6.54 Å². The summed E-state index contributed by atoms with van der Waals surface area (Å²) in [7, 11) is 0. The van der Waals surface area contributed by atoms with Crippen LogP contribution in [0.2, 0.25) is 0 Å². The standard InChI is InChI=1S/C14H13BrN2O/c15-12-7-9-16-13(10-12)14(18)17-8-6-11-4-2-1-3-5-11/h1-5,7,9-10H,6,8H2,(H,17,18). The lowest BCUT2D eigenvalue weighted by atomic mass is 10.1. The number of halogens is 1. The van der Waals surface area contributed by atoms with Crippen LogP contribution in [0.4, 0.5) is 0 Å². The lowest BCUT2D eigenvalue weighted by molar-refractivity contribution is 0.0949. The van der Waals surface area contributed by atoms with Gasteiger partial charge in [-0.15, -0.1) is 0 Å². The molecule has 0 bridgehead atoms. The highest BCUT2D eigenvalue weighted by molar-refractivity contribution is 9.10. The molecule has 2 rings (SSSR count). The Morgan fingerprint density at radius 3 is 2.72 bits per heavy atom. The molecule has 0 atom stereocenters. The van der Waals surface area contributed by atoms with Crippen LogP contribution in [-0.2, 0) is 6.42 Å². The Kier molecular flexibility index (Phi) is 4.47. The average molecular weight is 305 g/mol. The minimum absolute atomic E-state index is 0.146. The van der Waals surface area contributed by atoms with E-state index in [0.717, 1.165) is 10.9 Å². The van der Waals surface area contributed by atoms with Crippen molar-refractivity contribution in [2.45, 2.75) is 6.42 Å². The largest absolute Gasteiger partial charge is 0.350 e. The molecule has 2 aromatic rings. The van der Waals surface area contributed by atoms with Crippen molar-refractivity contribution in [3.8, 4) is 0 Å². The summed E-state index contributed by atoms with van der Waals surface area (Å²) in [5.41, 5.74) is 1.64. The molecule has 0 spiro atoms. The quantitative estimate of drug-likeness (QED) is 0.944. The van der Waals surface area contributed by atoms with Gasteiger partial charge < -0.3 is 5.32 Å². The van der Waals surface area contributed by atoms with Crippen LogP contribution in [0.1, 0.15) is 16.1 Å². The number of amides is 1. The van der Waals surface area contributed by atoms with Crippen LogP contribution in [0.25, 0.3) is 0 Å². The molecule has 0 fully saturated rings. The summed E-state index contributed by atoms with van der Waals surface area (Å²) in [5.74, 6) is -0.146. The smallest absolute Gasteiger partial charge is 0.269 e. The maximum Gasteiger partial charge on any atom is 0.269 e. The van der Waals surface area contributed by atoms with Gasteiger partial charge in [-0.25, -0.2) is 0 Å². The molecule has 0 saturated carbocycles. The van der Waals surface area contributed by atoms with Gasteiger partial charge in [0.1, 0.15) is 5.69 Å². The van der Waals surface area contributed by atoms with E-state index in [9.17, 15) is 4.79 Å². The van der Waals surface area contributed by atoms with Gasteiger partial charge in [0, 0.05) is 17.2 Å². The molecule has 0 saturated heterocycles. The van der Waals surface area contributed by atoms with Gasteiger partial charge in [0.15, 0.2) is 0 Å². The first kappa shape index (κ1) is 12.8. The highest BCUT2D eigenvalue weighted by Gasteiger charge is 2.06. The van der Waals surface area contributed by atoms with E-state index >= 15 is 0 Å². The number of benzene rings is 1. The van der Waals surface area contributed by atoms with E-state index in [-0.39, 0.29) is 5.91 Å². The fourth-order valence-corrected chi connectivity index (χ4v) is 1.92. The molecule has 0 aliphatic carbocycles. The molecule has 1 amide bonds. The van der Waals surface area contributed by atoms with Crippen molar-refractivity contribution in [1.82, 2.24) is 10.3 Å². The van der Waals surface area contributed by atoms with Crippen LogP contribution < -0.4 is 5.32 Å². The Bertz CT molecular complexity index is 528. The SMILES string of the molecule is O=C(NCCc1ccccc1)c1cc(Br)ccn1. The van der Waals surface area contributed by atoms with Crippen LogP contribution in [0.15, 0.2) is 53.1 Å². The van der Waals surface area contributed by atoms with Gasteiger partial charge in [-0.2, -0.15) is 0 Å². The molecule has 0 unspecified atom stereocenters. The molecule has 4 heteroatoms. The highest BCUT2D eigenvalue weighted by Crippen LogP contribution is 2.08. The third kappa shape index (κ3) is 3.67. The molecule has 18 heavy (non-hydrogen) atoms. The van der Waals surface area contributed by atoms with E-state index in [4.69, 9.17) is 0 Å². The van der Waals surface area contributed by atoms with Crippen LogP contribution in [0.3, 0.4) is 0 Å². The molecule has 1 heterocycles. The van der Waals surface area contributed by atoms with Gasteiger partial charge in [0.05, 0.1) is 0 Å². The number of hydrogen-bond donors (Lipinski definition) is 1. The minimum atomic E-state index is -0.146. The number of aromatic nitrogens is 1. The molecule has 0 aliphatic rings. The molecule has 1 N–H and O–H groups in total. The Morgan fingerprint density at radius 1 is 1.22 bits per heavy atom. The van der Waals surface area contributed by atoms with Crippen LogP contribution in [0, 0.1) is 0 Å². The molecule has 3 nitrogen and oxygen atoms in total. The van der Waals surface area contributed by atoms with Crippen molar-refractivity contribution in [3.05, 3.63) is 64.4 Å². The normalized spacial score (nSPS) is 10.1. The van der Waals surface area contributed by atoms with Crippen molar-refractivity contribution in [1.29, 1.82) is 0 Å². The van der Waals surface area contributed by atoms with E-state index in [1.807, 2.05) is 30.3 Å². The summed E-state index contributed by atoms with van der Waals surface area (Å²) in [6, 6.07) is 13.6. The number of nitrogens with zero attached hydrogens (tertiary/aromatic N) is 1. The number of carbonyl (C=O) groups excluding carboxylic acids is 1. The predicted molar refractivity (Wildman–Crippen MR) is 74.4 cm³/mol. The summed E-state index contributed by atoms with van der Waals surface area (Å²) in [6.07, 6.45) is 2.43. The van der Waals surface area contributed by atoms with E-state index in [1.54, 1.807) is 18.3 Å². The van der Waals surface area contributed by atoms with Crippen molar-refractivity contribution in [3.63, 3.8) is 0 Å². The maximum atomic E-state index is 11.8. The Morgan fingerprint density at radius 2 is 2.00 bits per heavy atom. The maximum absolute atomic E-state index is 11.8. The topological polar surface area (TPSA) is 42.0 Å². The first-order valence-electron chi connectivity index (χ1n) is 5.69. The minimum Gasteiger partial charge on any atom is -0.350 e. The van der Waals surface area contributed by atoms with E-state index < -0.39 is 0 Å².